The molecule has 5 heteroatoms. The Morgan fingerprint density at radius 3 is 2.10 bits per heavy atom. The molecule has 4 nitrogen and oxygen atoms in total. The number of anilines is 1. The summed E-state index contributed by atoms with van der Waals surface area (Å²) >= 11 is 0. The molecule has 20 heavy (non-hydrogen) atoms. The fraction of sp³-hybridized carbons (Fsp3) is 0.600. The van der Waals surface area contributed by atoms with Gasteiger partial charge in [-0.2, -0.15) is 0 Å². The lowest BCUT2D eigenvalue weighted by Gasteiger charge is -2.23. The van der Waals surface area contributed by atoms with Crippen LogP contribution in [0.4, 0.5) is 5.69 Å². The van der Waals surface area contributed by atoms with E-state index in [2.05, 4.69) is 10.0 Å². The van der Waals surface area contributed by atoms with Gasteiger partial charge in [-0.1, -0.05) is 19.3 Å². The highest BCUT2D eigenvalue weighted by Gasteiger charge is 2.27. The molecule has 0 atom stereocenters. The third-order valence-electron chi connectivity index (χ3n) is 4.04. The van der Waals surface area contributed by atoms with Gasteiger partial charge in [0.05, 0.1) is 4.90 Å². The summed E-state index contributed by atoms with van der Waals surface area (Å²) < 4.78 is 26.8. The van der Waals surface area contributed by atoms with E-state index in [1.54, 1.807) is 12.1 Å². The van der Waals surface area contributed by atoms with Gasteiger partial charge in [-0.3, -0.25) is 0 Å². The van der Waals surface area contributed by atoms with E-state index in [4.69, 9.17) is 0 Å². The molecular weight excluding hydrogens is 272 g/mol. The van der Waals surface area contributed by atoms with E-state index in [1.165, 1.54) is 32.1 Å². The molecule has 0 radical (unpaired) electrons. The van der Waals surface area contributed by atoms with Crippen LogP contribution in [0.25, 0.3) is 0 Å². The van der Waals surface area contributed by atoms with Gasteiger partial charge >= 0.3 is 0 Å². The van der Waals surface area contributed by atoms with Gasteiger partial charge in [-0.05, 0) is 49.9 Å². The number of sulfonamides is 1. The van der Waals surface area contributed by atoms with Gasteiger partial charge in [0.2, 0.25) is 10.0 Å². The topological polar surface area (TPSA) is 58.2 Å². The number of hydrogen-bond acceptors (Lipinski definition) is 3. The van der Waals surface area contributed by atoms with Gasteiger partial charge in [0.25, 0.3) is 0 Å². The van der Waals surface area contributed by atoms with Crippen molar-refractivity contribution in [2.24, 2.45) is 0 Å². The maximum Gasteiger partial charge on any atom is 0.240 e. The lowest BCUT2D eigenvalue weighted by Crippen LogP contribution is -2.25. The van der Waals surface area contributed by atoms with Gasteiger partial charge in [-0.25, -0.2) is 13.1 Å². The van der Waals surface area contributed by atoms with Crippen LogP contribution < -0.4 is 10.0 Å². The zero-order valence-electron chi connectivity index (χ0n) is 11.6. The Morgan fingerprint density at radius 1 is 0.850 bits per heavy atom. The molecule has 0 unspecified atom stereocenters. The number of hydrogen-bond donors (Lipinski definition) is 2. The zero-order valence-corrected chi connectivity index (χ0v) is 12.5. The third-order valence-corrected chi connectivity index (χ3v) is 5.58. The van der Waals surface area contributed by atoms with Crippen molar-refractivity contribution in [3.63, 3.8) is 0 Å². The second-order valence-corrected chi connectivity index (χ2v) is 7.61. The number of nitrogens with one attached hydrogen (secondary N) is 2. The predicted molar refractivity (Wildman–Crippen MR) is 80.3 cm³/mol. The van der Waals surface area contributed by atoms with Crippen molar-refractivity contribution in [3.8, 4) is 0 Å². The van der Waals surface area contributed by atoms with E-state index in [-0.39, 0.29) is 6.04 Å². The Hall–Kier alpha value is -1.07. The van der Waals surface area contributed by atoms with Gasteiger partial charge in [-0.15, -0.1) is 0 Å². The Morgan fingerprint density at radius 2 is 1.50 bits per heavy atom. The second kappa shape index (κ2) is 5.74. The number of benzene rings is 1. The monoisotopic (exact) mass is 294 g/mol. The van der Waals surface area contributed by atoms with E-state index in [0.717, 1.165) is 18.5 Å². The van der Waals surface area contributed by atoms with Crippen molar-refractivity contribution in [2.75, 3.05) is 5.32 Å². The molecule has 3 rings (SSSR count). The first-order valence-corrected chi connectivity index (χ1v) is 9.01. The van der Waals surface area contributed by atoms with Crippen LogP contribution >= 0.6 is 0 Å². The first-order valence-electron chi connectivity index (χ1n) is 7.52. The highest BCUT2D eigenvalue weighted by Crippen LogP contribution is 2.24. The van der Waals surface area contributed by atoms with Crippen molar-refractivity contribution in [1.82, 2.24) is 4.72 Å². The highest BCUT2D eigenvalue weighted by atomic mass is 32.2. The summed E-state index contributed by atoms with van der Waals surface area (Å²) in [5.41, 5.74) is 1.02. The van der Waals surface area contributed by atoms with Crippen molar-refractivity contribution >= 4 is 15.7 Å². The summed E-state index contributed by atoms with van der Waals surface area (Å²) in [5, 5.41) is 3.50. The molecule has 0 aromatic heterocycles. The molecule has 0 bridgehead atoms. The molecule has 2 aliphatic rings. The summed E-state index contributed by atoms with van der Waals surface area (Å²) in [6.07, 6.45) is 8.25. The first-order chi connectivity index (χ1) is 9.63. The summed E-state index contributed by atoms with van der Waals surface area (Å²) in [6, 6.07) is 7.81. The first kappa shape index (κ1) is 13.9. The van der Waals surface area contributed by atoms with Crippen molar-refractivity contribution in [1.29, 1.82) is 0 Å². The minimum absolute atomic E-state index is 0.153. The Labute approximate surface area is 121 Å². The van der Waals surface area contributed by atoms with E-state index in [9.17, 15) is 8.42 Å². The molecule has 2 N–H and O–H groups in total. The predicted octanol–water partition coefficient (Wildman–Crippen LogP) is 2.87. The quantitative estimate of drug-likeness (QED) is 0.878. The van der Waals surface area contributed by atoms with Crippen molar-refractivity contribution in [3.05, 3.63) is 24.3 Å². The van der Waals surface area contributed by atoms with Crippen LogP contribution in [-0.2, 0) is 10.0 Å². The van der Waals surface area contributed by atoms with Crippen LogP contribution in [0.3, 0.4) is 0 Å². The fourth-order valence-corrected chi connectivity index (χ4v) is 4.01. The van der Waals surface area contributed by atoms with E-state index < -0.39 is 10.0 Å². The molecule has 2 saturated carbocycles. The van der Waals surface area contributed by atoms with Crippen LogP contribution in [0.15, 0.2) is 29.2 Å². The minimum atomic E-state index is -3.32. The molecule has 0 saturated heterocycles. The molecular formula is C15H22N2O2S. The maximum atomic E-state index is 12.1. The van der Waals surface area contributed by atoms with Crippen LogP contribution in [0.1, 0.15) is 44.9 Å². The SMILES string of the molecule is O=S(=O)(NC1CC1)c1ccc(NC2CCCCC2)cc1. The van der Waals surface area contributed by atoms with Crippen LogP contribution in [0.2, 0.25) is 0 Å². The molecule has 0 aliphatic heterocycles. The lowest BCUT2D eigenvalue weighted by molar-refractivity contribution is 0.463. The Balaban J connectivity index is 1.64. The summed E-state index contributed by atoms with van der Waals surface area (Å²) in [7, 11) is -3.32. The average molecular weight is 294 g/mol. The molecule has 0 amide bonds. The van der Waals surface area contributed by atoms with E-state index in [1.807, 2.05) is 12.1 Å². The summed E-state index contributed by atoms with van der Waals surface area (Å²) in [5.74, 6) is 0. The van der Waals surface area contributed by atoms with Gasteiger partial charge in [0.15, 0.2) is 0 Å². The maximum absolute atomic E-state index is 12.1. The van der Waals surface area contributed by atoms with Gasteiger partial charge in [0, 0.05) is 17.8 Å². The van der Waals surface area contributed by atoms with Crippen molar-refractivity contribution < 1.29 is 8.42 Å². The average Bonchev–Trinajstić information content (AvgIpc) is 3.24. The van der Waals surface area contributed by atoms with Crippen LogP contribution in [0.5, 0.6) is 0 Å². The Bertz CT molecular complexity index is 544. The molecule has 0 spiro atoms. The molecule has 0 heterocycles. The minimum Gasteiger partial charge on any atom is -0.382 e. The summed E-state index contributed by atoms with van der Waals surface area (Å²) in [6.45, 7) is 0. The van der Waals surface area contributed by atoms with Gasteiger partial charge in [0.1, 0.15) is 0 Å². The smallest absolute Gasteiger partial charge is 0.240 e. The second-order valence-electron chi connectivity index (χ2n) is 5.90. The van der Waals surface area contributed by atoms with Crippen LogP contribution in [0, 0.1) is 0 Å². The van der Waals surface area contributed by atoms with E-state index in [0.29, 0.717) is 10.9 Å². The normalized spacial score (nSPS) is 20.8. The fourth-order valence-electron chi connectivity index (χ4n) is 2.70. The molecule has 1 aromatic carbocycles. The van der Waals surface area contributed by atoms with E-state index >= 15 is 0 Å². The van der Waals surface area contributed by atoms with Crippen LogP contribution in [-0.4, -0.2) is 20.5 Å². The number of rotatable bonds is 5. The molecule has 1 aromatic rings. The molecule has 2 fully saturated rings. The highest BCUT2D eigenvalue weighted by molar-refractivity contribution is 7.89. The summed E-state index contributed by atoms with van der Waals surface area (Å²) in [4.78, 5) is 0.360. The molecule has 110 valence electrons. The van der Waals surface area contributed by atoms with Crippen molar-refractivity contribution in [2.45, 2.75) is 61.9 Å². The molecule has 2 aliphatic carbocycles. The lowest BCUT2D eigenvalue weighted by atomic mass is 9.95. The largest absolute Gasteiger partial charge is 0.382 e. The zero-order chi connectivity index (χ0) is 14.0. The Kier molecular flexibility index (Phi) is 3.98. The third kappa shape index (κ3) is 3.52. The van der Waals surface area contributed by atoms with Gasteiger partial charge < -0.3 is 5.32 Å². The standard InChI is InChI=1S/C15H22N2O2S/c18-20(19,17-14-6-7-14)15-10-8-13(9-11-15)16-12-4-2-1-3-5-12/h8-12,14,16-17H,1-7H2.